The van der Waals surface area contributed by atoms with Gasteiger partial charge in [-0.25, -0.2) is 0 Å². The lowest BCUT2D eigenvalue weighted by molar-refractivity contribution is -0.151. The molecule has 0 saturated heterocycles. The fourth-order valence-electron chi connectivity index (χ4n) is 4.63. The smallest absolute Gasteiger partial charge is 0.305 e. The van der Waals surface area contributed by atoms with Crippen molar-refractivity contribution in [3.05, 3.63) is 53.1 Å². The molecule has 1 aliphatic rings. The number of aldehydes is 1. The lowest BCUT2D eigenvalue weighted by Gasteiger charge is -2.27. The molecule has 3 atom stereocenters. The van der Waals surface area contributed by atoms with E-state index in [0.717, 1.165) is 16.7 Å². The van der Waals surface area contributed by atoms with Crippen molar-refractivity contribution < 1.29 is 48.5 Å². The number of aliphatic carboxylic acids is 1. The van der Waals surface area contributed by atoms with Gasteiger partial charge < -0.3 is 35.3 Å². The van der Waals surface area contributed by atoms with E-state index in [1.54, 1.807) is 26.0 Å². The van der Waals surface area contributed by atoms with Crippen LogP contribution >= 0.6 is 0 Å². The number of para-hydroxylation sites is 2. The number of esters is 1. The molecule has 1 unspecified atom stereocenters. The SMILES string of the molecule is CC(=O)O[C@@H](C)C(=O)N1CC(NC(=O)c2cc(C)c(O)c(C)c2)C(=O)N(CC(=O)N[C@H](C=O)CC(=O)O)c2ccccc21. The van der Waals surface area contributed by atoms with Crippen molar-refractivity contribution in [3.8, 4) is 5.75 Å². The number of benzene rings is 2. The van der Waals surface area contributed by atoms with Crippen molar-refractivity contribution >= 4 is 53.2 Å². The molecule has 0 spiro atoms. The average Bonchev–Trinajstić information content (AvgIpc) is 3.04. The maximum absolute atomic E-state index is 14.0. The molecule has 3 rings (SSSR count). The van der Waals surface area contributed by atoms with E-state index in [0.29, 0.717) is 11.1 Å². The third-order valence-electron chi connectivity index (χ3n) is 6.61. The second kappa shape index (κ2) is 13.6. The maximum Gasteiger partial charge on any atom is 0.305 e. The molecule has 228 valence electrons. The molecule has 2 aromatic carbocycles. The Kier molecular flexibility index (Phi) is 10.2. The lowest BCUT2D eigenvalue weighted by atomic mass is 10.0. The number of anilines is 2. The number of aryl methyl sites for hydroxylation is 2. The Bertz CT molecular complexity index is 1450. The molecule has 0 radical (unpaired) electrons. The summed E-state index contributed by atoms with van der Waals surface area (Å²) in [4.78, 5) is 89.8. The number of hydrogen-bond acceptors (Lipinski definition) is 9. The number of carboxylic acids is 1. The van der Waals surface area contributed by atoms with Crippen LogP contribution in [-0.2, 0) is 33.5 Å². The Hall–Kier alpha value is -5.27. The van der Waals surface area contributed by atoms with Crippen LogP contribution in [0, 0.1) is 13.8 Å². The molecule has 14 heteroatoms. The molecule has 1 heterocycles. The summed E-state index contributed by atoms with van der Waals surface area (Å²) in [6, 6.07) is 6.16. The highest BCUT2D eigenvalue weighted by Crippen LogP contribution is 2.33. The van der Waals surface area contributed by atoms with E-state index in [1.807, 2.05) is 0 Å². The summed E-state index contributed by atoms with van der Waals surface area (Å²) in [5.41, 5.74) is 1.22. The van der Waals surface area contributed by atoms with Gasteiger partial charge in [-0.1, -0.05) is 12.1 Å². The third-order valence-corrected chi connectivity index (χ3v) is 6.61. The zero-order chi connectivity index (χ0) is 32.0. The average molecular weight is 597 g/mol. The fraction of sp³-hybridized carbons (Fsp3) is 0.345. The second-order valence-corrected chi connectivity index (χ2v) is 10.0. The summed E-state index contributed by atoms with van der Waals surface area (Å²) in [6.45, 7) is 4.58. The number of rotatable bonds is 10. The van der Waals surface area contributed by atoms with Crippen LogP contribution in [-0.4, -0.2) is 83.3 Å². The van der Waals surface area contributed by atoms with Crippen molar-refractivity contribution in [2.24, 2.45) is 0 Å². The number of phenolic OH excluding ortho intramolecular Hbond substituents is 1. The zero-order valence-electron chi connectivity index (χ0n) is 23.9. The van der Waals surface area contributed by atoms with Gasteiger partial charge in [0.1, 0.15) is 24.6 Å². The first-order valence-electron chi connectivity index (χ1n) is 13.2. The molecule has 0 aromatic heterocycles. The van der Waals surface area contributed by atoms with E-state index in [9.17, 15) is 38.7 Å². The summed E-state index contributed by atoms with van der Waals surface area (Å²) in [7, 11) is 0. The van der Waals surface area contributed by atoms with Gasteiger partial charge in [-0.05, 0) is 56.2 Å². The van der Waals surface area contributed by atoms with Crippen LogP contribution in [0.5, 0.6) is 5.75 Å². The van der Waals surface area contributed by atoms with Gasteiger partial charge in [0, 0.05) is 12.5 Å². The molecular formula is C29H32N4O10. The number of carbonyl (C=O) groups excluding carboxylic acids is 6. The highest BCUT2D eigenvalue weighted by molar-refractivity contribution is 6.11. The van der Waals surface area contributed by atoms with Crippen molar-refractivity contribution in [2.45, 2.75) is 52.3 Å². The first-order chi connectivity index (χ1) is 20.2. The van der Waals surface area contributed by atoms with Crippen molar-refractivity contribution in [2.75, 3.05) is 22.9 Å². The number of aromatic hydroxyl groups is 1. The number of carbonyl (C=O) groups is 7. The molecule has 0 aliphatic carbocycles. The predicted octanol–water partition coefficient (Wildman–Crippen LogP) is 0.597. The number of ether oxygens (including phenoxy) is 1. The molecule has 0 fully saturated rings. The van der Waals surface area contributed by atoms with Crippen LogP contribution in [0.2, 0.25) is 0 Å². The molecule has 43 heavy (non-hydrogen) atoms. The number of fused-ring (bicyclic) bond motifs is 1. The zero-order valence-corrected chi connectivity index (χ0v) is 23.9. The van der Waals surface area contributed by atoms with Crippen LogP contribution in [0.25, 0.3) is 0 Å². The van der Waals surface area contributed by atoms with E-state index in [4.69, 9.17) is 9.84 Å². The number of nitrogens with one attached hydrogen (secondary N) is 2. The molecule has 0 saturated carbocycles. The third kappa shape index (κ3) is 7.72. The standard InChI is InChI=1S/C29H32N4O10/c1-15-9-19(10-16(2)26(15)39)27(40)31-21-12-32(28(41)17(3)43-18(4)35)22-7-5-6-8-23(22)33(29(21)42)13-24(36)30-20(14-34)11-25(37)38/h5-10,14,17,20-21,39H,11-13H2,1-4H3,(H,30,36)(H,31,40)(H,37,38)/t17-,20-,21?/m0/s1. The molecule has 1 aliphatic heterocycles. The molecule has 4 amide bonds. The van der Waals surface area contributed by atoms with E-state index >= 15 is 0 Å². The number of nitrogens with zero attached hydrogens (tertiary/aromatic N) is 2. The minimum Gasteiger partial charge on any atom is -0.507 e. The highest BCUT2D eigenvalue weighted by atomic mass is 16.5. The van der Waals surface area contributed by atoms with Gasteiger partial charge in [-0.2, -0.15) is 0 Å². The van der Waals surface area contributed by atoms with Gasteiger partial charge >= 0.3 is 11.9 Å². The largest absolute Gasteiger partial charge is 0.507 e. The summed E-state index contributed by atoms with van der Waals surface area (Å²) < 4.78 is 5.07. The first-order valence-corrected chi connectivity index (χ1v) is 13.2. The summed E-state index contributed by atoms with van der Waals surface area (Å²) in [5, 5.41) is 24.0. The Labute approximate surface area is 246 Å². The van der Waals surface area contributed by atoms with Crippen molar-refractivity contribution in [1.29, 1.82) is 0 Å². The molecule has 4 N–H and O–H groups in total. The maximum atomic E-state index is 14.0. The van der Waals surface area contributed by atoms with Crippen LogP contribution in [0.4, 0.5) is 11.4 Å². The van der Waals surface area contributed by atoms with Crippen LogP contribution in [0.3, 0.4) is 0 Å². The van der Waals surface area contributed by atoms with Crippen LogP contribution < -0.4 is 20.4 Å². The van der Waals surface area contributed by atoms with Gasteiger partial charge in [0.05, 0.1) is 30.4 Å². The summed E-state index contributed by atoms with van der Waals surface area (Å²) >= 11 is 0. The van der Waals surface area contributed by atoms with Crippen molar-refractivity contribution in [1.82, 2.24) is 10.6 Å². The van der Waals surface area contributed by atoms with Gasteiger partial charge in [-0.15, -0.1) is 0 Å². The van der Waals surface area contributed by atoms with Crippen LogP contribution in [0.1, 0.15) is 41.8 Å². The van der Waals surface area contributed by atoms with E-state index < -0.39 is 73.3 Å². The Morgan fingerprint density at radius 3 is 2.26 bits per heavy atom. The normalized spacial score (nSPS) is 15.8. The summed E-state index contributed by atoms with van der Waals surface area (Å²) in [5.74, 6) is -5.12. The quantitative estimate of drug-likeness (QED) is 0.222. The van der Waals surface area contributed by atoms with E-state index in [1.165, 1.54) is 31.2 Å². The minimum absolute atomic E-state index is 0.00230. The Morgan fingerprint density at radius 2 is 1.70 bits per heavy atom. The summed E-state index contributed by atoms with van der Waals surface area (Å²) in [6.07, 6.45) is -1.69. The highest BCUT2D eigenvalue weighted by Gasteiger charge is 2.39. The fourth-order valence-corrected chi connectivity index (χ4v) is 4.63. The number of hydrogen-bond donors (Lipinski definition) is 4. The molecule has 0 bridgehead atoms. The van der Waals surface area contributed by atoms with Gasteiger partial charge in [0.2, 0.25) is 5.91 Å². The van der Waals surface area contributed by atoms with E-state index in [2.05, 4.69) is 10.6 Å². The number of carboxylic acid groups (broad SMARTS) is 1. The van der Waals surface area contributed by atoms with Crippen molar-refractivity contribution in [3.63, 3.8) is 0 Å². The predicted molar refractivity (Wildman–Crippen MR) is 151 cm³/mol. The van der Waals surface area contributed by atoms with Gasteiger partial charge in [-0.3, -0.25) is 33.7 Å². The minimum atomic E-state index is -1.42. The molecule has 2 aromatic rings. The number of phenols is 1. The first kappa shape index (κ1) is 32.2. The van der Waals surface area contributed by atoms with Gasteiger partial charge in [0.25, 0.3) is 17.7 Å². The molecule has 14 nitrogen and oxygen atoms in total. The van der Waals surface area contributed by atoms with Crippen LogP contribution in [0.15, 0.2) is 36.4 Å². The Morgan fingerprint density at radius 1 is 1.09 bits per heavy atom. The molecular weight excluding hydrogens is 564 g/mol. The van der Waals surface area contributed by atoms with E-state index in [-0.39, 0.29) is 29.0 Å². The second-order valence-electron chi connectivity index (χ2n) is 10.0. The van der Waals surface area contributed by atoms with Gasteiger partial charge in [0.15, 0.2) is 6.10 Å². The Balaban J connectivity index is 2.05. The lowest BCUT2D eigenvalue weighted by Crippen LogP contribution is -2.55. The number of amides is 4. The monoisotopic (exact) mass is 596 g/mol. The topological polar surface area (TPSA) is 200 Å².